The molecule has 2 aromatic heterocycles. The van der Waals surface area contributed by atoms with Crippen molar-refractivity contribution in [2.24, 2.45) is 5.92 Å². The number of methoxy groups -OCH3 is 1. The average Bonchev–Trinajstić information content (AvgIpc) is 3.14. The van der Waals surface area contributed by atoms with Gasteiger partial charge >= 0.3 is 5.69 Å². The van der Waals surface area contributed by atoms with Crippen molar-refractivity contribution in [2.45, 2.75) is 26.8 Å². The highest BCUT2D eigenvalue weighted by Gasteiger charge is 2.18. The number of aromatic nitrogens is 4. The third kappa shape index (κ3) is 4.11. The van der Waals surface area contributed by atoms with Gasteiger partial charge in [-0.25, -0.2) is 9.78 Å². The number of rotatable bonds is 6. The normalized spacial score (nSPS) is 11.4. The first-order valence-electron chi connectivity index (χ1n) is 9.88. The van der Waals surface area contributed by atoms with E-state index in [0.717, 1.165) is 5.39 Å². The highest BCUT2D eigenvalue weighted by Crippen LogP contribution is 2.27. The van der Waals surface area contributed by atoms with Gasteiger partial charge in [0.1, 0.15) is 12.3 Å². The van der Waals surface area contributed by atoms with Gasteiger partial charge < -0.3 is 10.1 Å². The van der Waals surface area contributed by atoms with Gasteiger partial charge in [0.25, 0.3) is 0 Å². The molecule has 4 rings (SSSR count). The number of fused-ring (bicyclic) bond motifs is 3. The molecule has 0 saturated carbocycles. The van der Waals surface area contributed by atoms with Gasteiger partial charge in [-0.2, -0.15) is 4.52 Å². The number of halogens is 1. The summed E-state index contributed by atoms with van der Waals surface area (Å²) in [5.74, 6) is 1.03. The van der Waals surface area contributed by atoms with Gasteiger partial charge in [-0.1, -0.05) is 37.6 Å². The molecule has 4 aromatic rings. The van der Waals surface area contributed by atoms with Crippen LogP contribution in [-0.2, 0) is 17.8 Å². The van der Waals surface area contributed by atoms with Crippen molar-refractivity contribution in [2.75, 3.05) is 12.4 Å². The number of para-hydroxylation sites is 1. The van der Waals surface area contributed by atoms with Gasteiger partial charge in [-0.15, -0.1) is 5.10 Å². The zero-order valence-electron chi connectivity index (χ0n) is 17.4. The van der Waals surface area contributed by atoms with Crippen LogP contribution in [-0.4, -0.2) is 32.2 Å². The van der Waals surface area contributed by atoms with Gasteiger partial charge in [0, 0.05) is 16.8 Å². The summed E-state index contributed by atoms with van der Waals surface area (Å²) < 4.78 is 7.94. The molecule has 8 nitrogen and oxygen atoms in total. The number of amides is 1. The Morgan fingerprint density at radius 2 is 2.00 bits per heavy atom. The largest absolute Gasteiger partial charge is 0.495 e. The molecule has 0 bridgehead atoms. The van der Waals surface area contributed by atoms with Crippen LogP contribution in [0.3, 0.4) is 0 Å². The topological polar surface area (TPSA) is 90.5 Å². The number of hydrogen-bond acceptors (Lipinski definition) is 5. The molecule has 2 aromatic carbocycles. The lowest BCUT2D eigenvalue weighted by Gasteiger charge is -2.13. The minimum atomic E-state index is -0.426. The van der Waals surface area contributed by atoms with Crippen LogP contribution in [0, 0.1) is 5.92 Å². The van der Waals surface area contributed by atoms with E-state index in [2.05, 4.69) is 29.2 Å². The maximum atomic E-state index is 13.2. The predicted octanol–water partition coefficient (Wildman–Crippen LogP) is 3.54. The van der Waals surface area contributed by atoms with E-state index in [1.54, 1.807) is 24.3 Å². The number of nitrogens with zero attached hydrogens (tertiary/aromatic N) is 4. The number of carbonyl (C=O) groups is 1. The predicted molar refractivity (Wildman–Crippen MR) is 120 cm³/mol. The molecule has 2 heterocycles. The minimum Gasteiger partial charge on any atom is -0.495 e. The lowest BCUT2D eigenvalue weighted by Crippen LogP contribution is -2.32. The van der Waals surface area contributed by atoms with E-state index in [1.165, 1.54) is 16.2 Å². The molecule has 0 unspecified atom stereocenters. The minimum absolute atomic E-state index is 0.204. The fraction of sp³-hybridized carbons (Fsp3) is 0.273. The molecule has 1 amide bonds. The average molecular weight is 440 g/mol. The van der Waals surface area contributed by atoms with Crippen LogP contribution >= 0.6 is 11.6 Å². The van der Waals surface area contributed by atoms with E-state index in [1.807, 2.05) is 18.2 Å². The van der Waals surface area contributed by atoms with Crippen molar-refractivity contribution in [1.82, 2.24) is 19.2 Å². The molecule has 0 aliphatic carbocycles. The Morgan fingerprint density at radius 3 is 2.74 bits per heavy atom. The molecule has 0 spiro atoms. The third-order valence-corrected chi connectivity index (χ3v) is 5.06. The second-order valence-corrected chi connectivity index (χ2v) is 8.08. The third-order valence-electron chi connectivity index (χ3n) is 4.83. The molecule has 0 atom stereocenters. The Balaban J connectivity index is 1.76. The Hall–Kier alpha value is -3.39. The van der Waals surface area contributed by atoms with Crippen LogP contribution in [0.5, 0.6) is 5.75 Å². The highest BCUT2D eigenvalue weighted by molar-refractivity contribution is 6.31. The van der Waals surface area contributed by atoms with Gasteiger partial charge in [0.15, 0.2) is 11.5 Å². The second-order valence-electron chi connectivity index (χ2n) is 7.64. The summed E-state index contributed by atoms with van der Waals surface area (Å²) in [6.45, 7) is 3.93. The first-order valence-corrected chi connectivity index (χ1v) is 10.3. The Labute approximate surface area is 183 Å². The number of carbonyl (C=O) groups excluding carboxylic acids is 1. The van der Waals surface area contributed by atoms with Gasteiger partial charge in [-0.3, -0.25) is 9.36 Å². The van der Waals surface area contributed by atoms with Crippen LogP contribution in [0.4, 0.5) is 5.69 Å². The molecule has 1 N–H and O–H groups in total. The van der Waals surface area contributed by atoms with Crippen molar-refractivity contribution >= 4 is 39.7 Å². The van der Waals surface area contributed by atoms with Gasteiger partial charge in [-0.05, 0) is 36.2 Å². The molecule has 160 valence electrons. The van der Waals surface area contributed by atoms with E-state index in [9.17, 15) is 9.59 Å². The quantitative estimate of drug-likeness (QED) is 0.496. The summed E-state index contributed by atoms with van der Waals surface area (Å²) in [6, 6.07) is 12.3. The second kappa shape index (κ2) is 8.39. The molecule has 0 saturated heterocycles. The molecule has 0 aliphatic heterocycles. The smallest absolute Gasteiger partial charge is 0.351 e. The van der Waals surface area contributed by atoms with E-state index < -0.39 is 11.6 Å². The van der Waals surface area contributed by atoms with Crippen molar-refractivity contribution < 1.29 is 9.53 Å². The summed E-state index contributed by atoms with van der Waals surface area (Å²) >= 11 is 6.04. The number of nitrogens with one attached hydrogen (secondary N) is 1. The van der Waals surface area contributed by atoms with Crippen molar-refractivity contribution in [3.63, 3.8) is 0 Å². The lowest BCUT2D eigenvalue weighted by molar-refractivity contribution is -0.116. The van der Waals surface area contributed by atoms with E-state index >= 15 is 0 Å². The zero-order valence-corrected chi connectivity index (χ0v) is 18.2. The Bertz CT molecular complexity index is 1340. The van der Waals surface area contributed by atoms with Crippen LogP contribution in [0.15, 0.2) is 47.3 Å². The van der Waals surface area contributed by atoms with E-state index in [4.69, 9.17) is 16.3 Å². The summed E-state index contributed by atoms with van der Waals surface area (Å²) in [5, 5.41) is 8.37. The molecule has 9 heteroatoms. The summed E-state index contributed by atoms with van der Waals surface area (Å²) in [4.78, 5) is 30.6. The highest BCUT2D eigenvalue weighted by atomic mass is 35.5. The maximum Gasteiger partial charge on any atom is 0.351 e. The SMILES string of the molecule is COc1ccc(Cl)cc1NC(=O)Cn1c(=O)n2nc(CC(C)C)nc2c2ccccc21. The standard InChI is InChI=1S/C22H22ClN5O3/c1-13(2)10-19-25-21-15-6-4-5-7-17(15)27(22(30)28(21)26-19)12-20(29)24-16-11-14(23)8-9-18(16)31-3/h4-9,11,13H,10,12H2,1-3H3,(H,24,29). The number of hydrogen-bond donors (Lipinski definition) is 1. The summed E-state index contributed by atoms with van der Waals surface area (Å²) in [5.41, 5.74) is 1.10. The van der Waals surface area contributed by atoms with Crippen LogP contribution in [0.2, 0.25) is 5.02 Å². The number of ether oxygens (including phenoxy) is 1. The molecule has 0 radical (unpaired) electrons. The number of anilines is 1. The first-order chi connectivity index (χ1) is 14.9. The van der Waals surface area contributed by atoms with Crippen molar-refractivity contribution in [1.29, 1.82) is 0 Å². The fourth-order valence-electron chi connectivity index (χ4n) is 3.49. The van der Waals surface area contributed by atoms with Crippen LogP contribution in [0.25, 0.3) is 16.6 Å². The summed E-state index contributed by atoms with van der Waals surface area (Å²) in [7, 11) is 1.50. The van der Waals surface area contributed by atoms with Gasteiger partial charge in [0.05, 0.1) is 18.3 Å². The number of benzene rings is 2. The lowest BCUT2D eigenvalue weighted by atomic mass is 10.1. The molecular weight excluding hydrogens is 418 g/mol. The molecule has 0 fully saturated rings. The monoisotopic (exact) mass is 439 g/mol. The Kier molecular flexibility index (Phi) is 5.65. The van der Waals surface area contributed by atoms with Crippen LogP contribution in [0.1, 0.15) is 19.7 Å². The van der Waals surface area contributed by atoms with Crippen LogP contribution < -0.4 is 15.7 Å². The maximum absolute atomic E-state index is 13.2. The van der Waals surface area contributed by atoms with Crippen molar-refractivity contribution in [3.8, 4) is 5.75 Å². The fourth-order valence-corrected chi connectivity index (χ4v) is 3.67. The Morgan fingerprint density at radius 1 is 1.23 bits per heavy atom. The molecule has 31 heavy (non-hydrogen) atoms. The van der Waals surface area contributed by atoms with Crippen molar-refractivity contribution in [3.05, 3.63) is 63.8 Å². The van der Waals surface area contributed by atoms with E-state index in [0.29, 0.717) is 45.8 Å². The molecular formula is C22H22ClN5O3. The zero-order chi connectivity index (χ0) is 22.1. The van der Waals surface area contributed by atoms with E-state index in [-0.39, 0.29) is 6.54 Å². The van der Waals surface area contributed by atoms with Gasteiger partial charge in [0.2, 0.25) is 5.91 Å². The molecule has 0 aliphatic rings. The summed E-state index contributed by atoms with van der Waals surface area (Å²) in [6.07, 6.45) is 0.657. The first kappa shape index (κ1) is 20.9.